The second kappa shape index (κ2) is 7.56. The normalized spacial score (nSPS) is 10.7. The molecular weight excluding hydrogens is 352 g/mol. The van der Waals surface area contributed by atoms with Gasteiger partial charge in [-0.2, -0.15) is 0 Å². The van der Waals surface area contributed by atoms with Crippen LogP contribution in [0.2, 0.25) is 0 Å². The first-order chi connectivity index (χ1) is 12.2. The summed E-state index contributed by atoms with van der Waals surface area (Å²) in [5.74, 6) is 1.06. The zero-order valence-corrected chi connectivity index (χ0v) is 14.7. The Balaban J connectivity index is 0.00000196. The molecule has 0 saturated carbocycles. The second-order valence-electron chi connectivity index (χ2n) is 5.72. The highest BCUT2D eigenvalue weighted by Gasteiger charge is 2.06. The second-order valence-corrected chi connectivity index (χ2v) is 5.72. The Kier molecular flexibility index (Phi) is 5.21. The highest BCUT2D eigenvalue weighted by atomic mass is 35.5. The van der Waals surface area contributed by atoms with Crippen LogP contribution in [0.3, 0.4) is 0 Å². The number of nitrogens with zero attached hydrogens (tertiary/aromatic N) is 1. The Hall–Kier alpha value is -2.89. The quantitative estimate of drug-likeness (QED) is 0.592. The number of halogens is 1. The molecule has 4 rings (SSSR count). The summed E-state index contributed by atoms with van der Waals surface area (Å²) in [7, 11) is 0. The van der Waals surface area contributed by atoms with Crippen LogP contribution in [0.15, 0.2) is 69.9 Å². The van der Waals surface area contributed by atoms with Gasteiger partial charge in [0.2, 0.25) is 0 Å². The van der Waals surface area contributed by atoms with Gasteiger partial charge < -0.3 is 14.9 Å². The SMILES string of the molecule is Cl.NCc1cc(=O)c2ccc(OCc3ccc4ccccc4n3)cc2o1. The summed E-state index contributed by atoms with van der Waals surface area (Å²) in [6.07, 6.45) is 0. The average molecular weight is 369 g/mol. The highest BCUT2D eigenvalue weighted by Crippen LogP contribution is 2.21. The smallest absolute Gasteiger partial charge is 0.193 e. The summed E-state index contributed by atoms with van der Waals surface area (Å²) in [4.78, 5) is 16.6. The molecule has 0 aliphatic rings. The van der Waals surface area contributed by atoms with E-state index in [1.54, 1.807) is 18.2 Å². The highest BCUT2D eigenvalue weighted by molar-refractivity contribution is 5.85. The van der Waals surface area contributed by atoms with E-state index < -0.39 is 0 Å². The Labute approximate surface area is 155 Å². The summed E-state index contributed by atoms with van der Waals surface area (Å²) >= 11 is 0. The third-order valence-corrected chi connectivity index (χ3v) is 4.00. The van der Waals surface area contributed by atoms with E-state index in [4.69, 9.17) is 14.9 Å². The van der Waals surface area contributed by atoms with Crippen molar-refractivity contribution in [2.45, 2.75) is 13.2 Å². The van der Waals surface area contributed by atoms with E-state index in [1.165, 1.54) is 6.07 Å². The number of benzene rings is 2. The fourth-order valence-corrected chi connectivity index (χ4v) is 2.72. The average Bonchev–Trinajstić information content (AvgIpc) is 2.65. The first kappa shape index (κ1) is 17.9. The molecule has 6 heteroatoms. The van der Waals surface area contributed by atoms with Crippen LogP contribution in [0, 0.1) is 0 Å². The van der Waals surface area contributed by atoms with Gasteiger partial charge in [-0.15, -0.1) is 12.4 Å². The fourth-order valence-electron chi connectivity index (χ4n) is 2.72. The molecule has 0 aliphatic carbocycles. The first-order valence-corrected chi connectivity index (χ1v) is 7.97. The van der Waals surface area contributed by atoms with Gasteiger partial charge in [0.05, 0.1) is 23.1 Å². The molecule has 2 aromatic heterocycles. The van der Waals surface area contributed by atoms with E-state index >= 15 is 0 Å². The maximum absolute atomic E-state index is 12.0. The summed E-state index contributed by atoms with van der Waals surface area (Å²) < 4.78 is 11.4. The Bertz CT molecular complexity index is 1120. The number of aromatic nitrogens is 1. The van der Waals surface area contributed by atoms with Crippen LogP contribution in [0.4, 0.5) is 0 Å². The number of rotatable bonds is 4. The summed E-state index contributed by atoms with van der Waals surface area (Å²) in [5, 5.41) is 1.60. The molecule has 0 fully saturated rings. The number of hydrogen-bond acceptors (Lipinski definition) is 5. The first-order valence-electron chi connectivity index (χ1n) is 7.97. The molecule has 0 bridgehead atoms. The molecule has 0 aliphatic heterocycles. The molecule has 0 unspecified atom stereocenters. The molecule has 0 spiro atoms. The Morgan fingerprint density at radius 1 is 1.04 bits per heavy atom. The number of ether oxygens (including phenoxy) is 1. The van der Waals surface area contributed by atoms with Gasteiger partial charge in [-0.3, -0.25) is 4.79 Å². The van der Waals surface area contributed by atoms with Crippen molar-refractivity contribution in [2.75, 3.05) is 0 Å². The molecule has 26 heavy (non-hydrogen) atoms. The van der Waals surface area contributed by atoms with Gasteiger partial charge in [0.25, 0.3) is 0 Å². The lowest BCUT2D eigenvalue weighted by Gasteiger charge is -2.08. The lowest BCUT2D eigenvalue weighted by atomic mass is 10.2. The van der Waals surface area contributed by atoms with Crippen LogP contribution in [-0.2, 0) is 13.2 Å². The van der Waals surface area contributed by atoms with E-state index in [-0.39, 0.29) is 24.4 Å². The number of nitrogens with two attached hydrogens (primary N) is 1. The van der Waals surface area contributed by atoms with Gasteiger partial charge >= 0.3 is 0 Å². The molecule has 0 saturated heterocycles. The molecular formula is C20H17ClN2O3. The lowest BCUT2D eigenvalue weighted by molar-refractivity contribution is 0.301. The van der Waals surface area contributed by atoms with Crippen molar-refractivity contribution >= 4 is 34.3 Å². The minimum atomic E-state index is -0.107. The lowest BCUT2D eigenvalue weighted by Crippen LogP contribution is -2.05. The van der Waals surface area contributed by atoms with Gasteiger partial charge in [-0.1, -0.05) is 24.3 Å². The van der Waals surface area contributed by atoms with Crippen LogP contribution < -0.4 is 15.9 Å². The van der Waals surface area contributed by atoms with Crippen LogP contribution in [0.5, 0.6) is 5.75 Å². The van der Waals surface area contributed by atoms with Crippen molar-refractivity contribution in [1.29, 1.82) is 0 Å². The molecule has 2 N–H and O–H groups in total. The third-order valence-electron chi connectivity index (χ3n) is 4.00. The predicted molar refractivity (Wildman–Crippen MR) is 104 cm³/mol. The van der Waals surface area contributed by atoms with Gasteiger partial charge in [0, 0.05) is 17.5 Å². The zero-order chi connectivity index (χ0) is 17.2. The molecule has 0 atom stereocenters. The molecule has 0 amide bonds. The molecule has 2 aromatic carbocycles. The molecule has 2 heterocycles. The van der Waals surface area contributed by atoms with Gasteiger partial charge in [-0.05, 0) is 24.3 Å². The predicted octanol–water partition coefficient (Wildman–Crippen LogP) is 3.80. The number of hydrogen-bond donors (Lipinski definition) is 1. The maximum Gasteiger partial charge on any atom is 0.193 e. The van der Waals surface area contributed by atoms with E-state index in [1.807, 2.05) is 36.4 Å². The van der Waals surface area contributed by atoms with Crippen molar-refractivity contribution in [3.05, 3.63) is 82.3 Å². The molecule has 5 nitrogen and oxygen atoms in total. The Morgan fingerprint density at radius 2 is 1.88 bits per heavy atom. The molecule has 4 aromatic rings. The third kappa shape index (κ3) is 3.54. The van der Waals surface area contributed by atoms with Gasteiger partial charge in [-0.25, -0.2) is 4.98 Å². The number of pyridine rings is 1. The Morgan fingerprint density at radius 3 is 2.73 bits per heavy atom. The van der Waals surface area contributed by atoms with Gasteiger partial charge in [0.15, 0.2) is 5.43 Å². The van der Waals surface area contributed by atoms with Crippen LogP contribution in [0.25, 0.3) is 21.9 Å². The minimum absolute atomic E-state index is 0. The summed E-state index contributed by atoms with van der Waals surface area (Å²) in [5.41, 5.74) is 7.68. The van der Waals surface area contributed by atoms with Crippen LogP contribution in [-0.4, -0.2) is 4.98 Å². The van der Waals surface area contributed by atoms with E-state index in [9.17, 15) is 4.79 Å². The maximum atomic E-state index is 12.0. The standard InChI is InChI=1S/C20H16N2O3.ClH/c21-11-16-9-19(23)17-8-7-15(10-20(17)25-16)24-12-14-6-5-13-3-1-2-4-18(13)22-14;/h1-10H,11-12,21H2;1H. The number of fused-ring (bicyclic) bond motifs is 2. The van der Waals surface area contributed by atoms with Crippen molar-refractivity contribution in [3.63, 3.8) is 0 Å². The minimum Gasteiger partial charge on any atom is -0.487 e. The zero-order valence-electron chi connectivity index (χ0n) is 13.8. The van der Waals surface area contributed by atoms with Gasteiger partial charge in [0.1, 0.15) is 23.7 Å². The van der Waals surface area contributed by atoms with Crippen LogP contribution in [0.1, 0.15) is 11.5 Å². The summed E-state index contributed by atoms with van der Waals surface area (Å²) in [6.45, 7) is 0.508. The monoisotopic (exact) mass is 368 g/mol. The summed E-state index contributed by atoms with van der Waals surface area (Å²) in [6, 6.07) is 18.5. The van der Waals surface area contributed by atoms with Crippen molar-refractivity contribution in [1.82, 2.24) is 4.98 Å². The number of para-hydroxylation sites is 1. The topological polar surface area (TPSA) is 78.4 Å². The van der Waals surface area contributed by atoms with Crippen molar-refractivity contribution in [3.8, 4) is 5.75 Å². The van der Waals surface area contributed by atoms with E-state index in [0.29, 0.717) is 29.1 Å². The van der Waals surface area contributed by atoms with Crippen LogP contribution >= 0.6 is 12.4 Å². The van der Waals surface area contributed by atoms with E-state index in [0.717, 1.165) is 16.6 Å². The molecule has 0 radical (unpaired) electrons. The van der Waals surface area contributed by atoms with Crippen molar-refractivity contribution < 1.29 is 9.15 Å². The van der Waals surface area contributed by atoms with E-state index in [2.05, 4.69) is 4.98 Å². The molecule has 132 valence electrons. The largest absolute Gasteiger partial charge is 0.487 e. The fraction of sp³-hybridized carbons (Fsp3) is 0.100. The van der Waals surface area contributed by atoms with Crippen molar-refractivity contribution in [2.24, 2.45) is 5.73 Å².